The Morgan fingerprint density at radius 1 is 1.21 bits per heavy atom. The molecule has 0 aliphatic heterocycles. The highest BCUT2D eigenvalue weighted by molar-refractivity contribution is 9.10. The summed E-state index contributed by atoms with van der Waals surface area (Å²) in [7, 11) is 1.53. The largest absolute Gasteiger partial charge is 0.495 e. The standard InChI is InChI=1S/C24H19BrClFN4O2S/c1-13-9-19(21(33-2)11-18(13)26)28-24(34)30-29-22-17-10-15(25)5-8-20(17)31(23(22)32)12-14-3-6-16(27)7-4-14/h3-11,32H,12H2,1-2H3,(H,28,34). The molecule has 0 atom stereocenters. The number of nitrogens with zero attached hydrogens (tertiary/aromatic N) is 3. The summed E-state index contributed by atoms with van der Waals surface area (Å²) in [5, 5.41) is 23.7. The molecule has 1 heterocycles. The van der Waals surface area contributed by atoms with E-state index < -0.39 is 0 Å². The van der Waals surface area contributed by atoms with Gasteiger partial charge >= 0.3 is 0 Å². The molecule has 0 radical (unpaired) electrons. The number of aromatic nitrogens is 1. The monoisotopic (exact) mass is 560 g/mol. The molecule has 0 spiro atoms. The molecule has 0 saturated heterocycles. The van der Waals surface area contributed by atoms with E-state index in [9.17, 15) is 9.50 Å². The minimum atomic E-state index is -0.322. The Kier molecular flexibility index (Phi) is 7.16. The topological polar surface area (TPSA) is 71.1 Å². The van der Waals surface area contributed by atoms with Gasteiger partial charge in [0, 0.05) is 20.9 Å². The summed E-state index contributed by atoms with van der Waals surface area (Å²) in [5.41, 5.74) is 3.27. The van der Waals surface area contributed by atoms with E-state index in [1.54, 1.807) is 28.8 Å². The molecule has 174 valence electrons. The highest BCUT2D eigenvalue weighted by atomic mass is 79.9. The zero-order valence-electron chi connectivity index (χ0n) is 18.1. The number of aryl methyl sites for hydroxylation is 1. The van der Waals surface area contributed by atoms with Gasteiger partial charge in [-0.25, -0.2) is 4.39 Å². The number of aromatic hydroxyl groups is 1. The fourth-order valence-electron chi connectivity index (χ4n) is 3.49. The van der Waals surface area contributed by atoms with Crippen LogP contribution in [0.2, 0.25) is 5.02 Å². The molecule has 34 heavy (non-hydrogen) atoms. The summed E-state index contributed by atoms with van der Waals surface area (Å²) in [5.74, 6) is 0.108. The van der Waals surface area contributed by atoms with Crippen molar-refractivity contribution in [2.24, 2.45) is 10.2 Å². The van der Waals surface area contributed by atoms with Crippen LogP contribution in [0, 0.1) is 12.7 Å². The van der Waals surface area contributed by atoms with E-state index in [0.717, 1.165) is 21.1 Å². The molecule has 3 aromatic carbocycles. The van der Waals surface area contributed by atoms with Crippen molar-refractivity contribution in [3.8, 4) is 11.6 Å². The van der Waals surface area contributed by atoms with Gasteiger partial charge in [-0.15, -0.1) is 10.2 Å². The van der Waals surface area contributed by atoms with Crippen LogP contribution in [-0.4, -0.2) is 21.9 Å². The fraction of sp³-hybridized carbons (Fsp3) is 0.125. The number of methoxy groups -OCH3 is 1. The van der Waals surface area contributed by atoms with Crippen molar-refractivity contribution in [3.63, 3.8) is 0 Å². The molecule has 0 aliphatic carbocycles. The molecule has 0 amide bonds. The summed E-state index contributed by atoms with van der Waals surface area (Å²) >= 11 is 15.0. The van der Waals surface area contributed by atoms with E-state index in [0.29, 0.717) is 28.4 Å². The lowest BCUT2D eigenvalue weighted by Gasteiger charge is -2.11. The van der Waals surface area contributed by atoms with E-state index in [2.05, 4.69) is 31.5 Å². The molecule has 10 heteroatoms. The van der Waals surface area contributed by atoms with Crippen molar-refractivity contribution >= 4 is 67.1 Å². The highest BCUT2D eigenvalue weighted by Crippen LogP contribution is 2.40. The molecular weight excluding hydrogens is 543 g/mol. The predicted molar refractivity (Wildman–Crippen MR) is 140 cm³/mol. The third-order valence-electron chi connectivity index (χ3n) is 5.19. The summed E-state index contributed by atoms with van der Waals surface area (Å²) in [6.45, 7) is 2.19. The second kappa shape index (κ2) is 10.1. The highest BCUT2D eigenvalue weighted by Gasteiger charge is 2.18. The van der Waals surface area contributed by atoms with Gasteiger partial charge in [0.25, 0.3) is 0 Å². The summed E-state index contributed by atoms with van der Waals surface area (Å²) in [4.78, 5) is 0. The smallest absolute Gasteiger partial charge is 0.221 e. The number of thiocarbonyl (C=S) groups is 1. The minimum absolute atomic E-state index is 0.0776. The molecule has 4 rings (SSSR count). The first-order chi connectivity index (χ1) is 16.3. The van der Waals surface area contributed by atoms with Gasteiger partial charge in [0.15, 0.2) is 5.69 Å². The number of ether oxygens (including phenoxy) is 1. The van der Waals surface area contributed by atoms with Crippen LogP contribution in [-0.2, 0) is 6.54 Å². The second-order valence-corrected chi connectivity index (χ2v) is 9.19. The van der Waals surface area contributed by atoms with Crippen molar-refractivity contribution in [1.29, 1.82) is 0 Å². The number of halogens is 3. The quantitative estimate of drug-likeness (QED) is 0.193. The van der Waals surface area contributed by atoms with Gasteiger partial charge < -0.3 is 19.7 Å². The van der Waals surface area contributed by atoms with Gasteiger partial charge in [-0.1, -0.05) is 39.7 Å². The van der Waals surface area contributed by atoms with Gasteiger partial charge in [-0.05, 0) is 66.7 Å². The fourth-order valence-corrected chi connectivity index (χ4v) is 4.16. The normalized spacial score (nSPS) is 11.3. The zero-order chi connectivity index (χ0) is 24.4. The lowest BCUT2D eigenvalue weighted by molar-refractivity contribution is 0.417. The lowest BCUT2D eigenvalue weighted by atomic mass is 10.2. The van der Waals surface area contributed by atoms with Crippen LogP contribution >= 0.6 is 39.7 Å². The lowest BCUT2D eigenvalue weighted by Crippen LogP contribution is -2.06. The number of azo groups is 1. The third-order valence-corrected chi connectivity index (χ3v) is 6.27. The Morgan fingerprint density at radius 3 is 2.65 bits per heavy atom. The molecule has 2 N–H and O–H groups in total. The van der Waals surface area contributed by atoms with Crippen molar-refractivity contribution in [3.05, 3.63) is 81.0 Å². The Labute approximate surface area is 214 Å². The van der Waals surface area contributed by atoms with Gasteiger partial charge in [0.1, 0.15) is 11.6 Å². The predicted octanol–water partition coefficient (Wildman–Crippen LogP) is 7.75. The van der Waals surface area contributed by atoms with Crippen molar-refractivity contribution < 1.29 is 14.2 Å². The van der Waals surface area contributed by atoms with Crippen LogP contribution in [0.15, 0.2) is 69.3 Å². The first kappa shape index (κ1) is 24.1. The maximum Gasteiger partial charge on any atom is 0.221 e. The maximum atomic E-state index is 13.3. The Balaban J connectivity index is 1.67. The third kappa shape index (κ3) is 5.06. The van der Waals surface area contributed by atoms with E-state index in [-0.39, 0.29) is 22.5 Å². The van der Waals surface area contributed by atoms with Crippen LogP contribution in [0.3, 0.4) is 0 Å². The Morgan fingerprint density at radius 2 is 1.94 bits per heavy atom. The zero-order valence-corrected chi connectivity index (χ0v) is 21.3. The first-order valence-electron chi connectivity index (χ1n) is 10.1. The van der Waals surface area contributed by atoms with Crippen molar-refractivity contribution in [2.45, 2.75) is 13.5 Å². The van der Waals surface area contributed by atoms with Crippen LogP contribution in [0.1, 0.15) is 11.1 Å². The van der Waals surface area contributed by atoms with Crippen LogP contribution in [0.4, 0.5) is 15.8 Å². The number of anilines is 1. The van der Waals surface area contributed by atoms with Crippen LogP contribution in [0.25, 0.3) is 10.9 Å². The number of fused-ring (bicyclic) bond motifs is 1. The molecule has 0 unspecified atom stereocenters. The summed E-state index contributed by atoms with van der Waals surface area (Å²) in [6, 6.07) is 15.1. The average Bonchev–Trinajstić information content (AvgIpc) is 3.06. The Hall–Kier alpha value is -3.01. The van der Waals surface area contributed by atoms with E-state index >= 15 is 0 Å². The molecule has 4 aromatic rings. The summed E-state index contributed by atoms with van der Waals surface area (Å²) < 4.78 is 21.2. The second-order valence-electron chi connectivity index (χ2n) is 7.48. The van der Waals surface area contributed by atoms with E-state index in [1.807, 2.05) is 25.1 Å². The van der Waals surface area contributed by atoms with Crippen LogP contribution < -0.4 is 10.1 Å². The van der Waals surface area contributed by atoms with Crippen molar-refractivity contribution in [2.75, 3.05) is 12.4 Å². The molecule has 0 bridgehead atoms. The number of hydrogen-bond acceptors (Lipinski definition) is 4. The molecule has 0 aliphatic rings. The number of rotatable bonds is 5. The van der Waals surface area contributed by atoms with Crippen molar-refractivity contribution in [1.82, 2.24) is 4.57 Å². The van der Waals surface area contributed by atoms with Crippen LogP contribution in [0.5, 0.6) is 11.6 Å². The van der Waals surface area contributed by atoms with Gasteiger partial charge in [0.2, 0.25) is 11.0 Å². The van der Waals surface area contributed by atoms with E-state index in [4.69, 9.17) is 28.6 Å². The SMILES string of the molecule is COc1cc(Cl)c(C)cc1NC(=S)N=Nc1c(O)n(Cc2ccc(F)cc2)c2ccc(Br)cc12. The Bertz CT molecular complexity index is 1420. The molecule has 0 fully saturated rings. The van der Waals surface area contributed by atoms with E-state index in [1.165, 1.54) is 19.2 Å². The summed E-state index contributed by atoms with van der Waals surface area (Å²) in [6.07, 6.45) is 0. The molecular formula is C24H19BrClFN4O2S. The molecule has 6 nitrogen and oxygen atoms in total. The van der Waals surface area contributed by atoms with Gasteiger partial charge in [0.05, 0.1) is 24.9 Å². The maximum absolute atomic E-state index is 13.3. The average molecular weight is 562 g/mol. The molecule has 1 aromatic heterocycles. The van der Waals surface area contributed by atoms with Gasteiger partial charge in [-0.3, -0.25) is 0 Å². The molecule has 0 saturated carbocycles. The number of benzene rings is 3. The van der Waals surface area contributed by atoms with Gasteiger partial charge in [-0.2, -0.15) is 0 Å². The number of hydrogen-bond donors (Lipinski definition) is 2. The number of nitrogens with one attached hydrogen (secondary N) is 1. The minimum Gasteiger partial charge on any atom is -0.495 e. The first-order valence-corrected chi connectivity index (χ1v) is 11.7.